The molecule has 0 bridgehead atoms. The van der Waals surface area contributed by atoms with E-state index in [-0.39, 0.29) is 11.8 Å². The summed E-state index contributed by atoms with van der Waals surface area (Å²) >= 11 is 0. The lowest BCUT2D eigenvalue weighted by Crippen LogP contribution is -2.50. The summed E-state index contributed by atoms with van der Waals surface area (Å²) in [5, 5.41) is 3.23. The van der Waals surface area contributed by atoms with Crippen LogP contribution < -0.4 is 10.0 Å². The Hall–Kier alpha value is -0.910. The Morgan fingerprint density at radius 3 is 2.89 bits per heavy atom. The van der Waals surface area contributed by atoms with Crippen LogP contribution in [0.25, 0.3) is 0 Å². The first-order valence-electron chi connectivity index (χ1n) is 6.72. The molecule has 0 saturated carbocycles. The summed E-state index contributed by atoms with van der Waals surface area (Å²) in [7, 11) is -3.27. The van der Waals surface area contributed by atoms with Gasteiger partial charge in [-0.1, -0.05) is 36.8 Å². The van der Waals surface area contributed by atoms with Gasteiger partial charge < -0.3 is 5.32 Å². The lowest BCUT2D eigenvalue weighted by Gasteiger charge is -2.30. The second-order valence-electron chi connectivity index (χ2n) is 5.44. The SMILES string of the molecule is Cc1cccc(CS(=O)(=O)NC2CNCCC2C)c1. The van der Waals surface area contributed by atoms with Crippen molar-refractivity contribution in [3.8, 4) is 0 Å². The first-order valence-corrected chi connectivity index (χ1v) is 8.38. The van der Waals surface area contributed by atoms with Gasteiger partial charge in [-0.15, -0.1) is 0 Å². The molecule has 4 nitrogen and oxygen atoms in total. The maximum Gasteiger partial charge on any atom is 0.216 e. The van der Waals surface area contributed by atoms with E-state index in [2.05, 4.69) is 17.0 Å². The van der Waals surface area contributed by atoms with Crippen molar-refractivity contribution in [1.29, 1.82) is 0 Å². The van der Waals surface area contributed by atoms with Crippen molar-refractivity contribution in [3.63, 3.8) is 0 Å². The summed E-state index contributed by atoms with van der Waals surface area (Å²) < 4.78 is 27.2. The fraction of sp³-hybridized carbons (Fsp3) is 0.571. The molecule has 19 heavy (non-hydrogen) atoms. The molecule has 0 aliphatic carbocycles. The van der Waals surface area contributed by atoms with Gasteiger partial charge in [0.1, 0.15) is 0 Å². The summed E-state index contributed by atoms with van der Waals surface area (Å²) in [4.78, 5) is 0. The van der Waals surface area contributed by atoms with Gasteiger partial charge in [0.05, 0.1) is 5.75 Å². The van der Waals surface area contributed by atoms with E-state index < -0.39 is 10.0 Å². The molecule has 1 aliphatic heterocycles. The summed E-state index contributed by atoms with van der Waals surface area (Å²) in [5.74, 6) is 0.436. The van der Waals surface area contributed by atoms with Crippen molar-refractivity contribution < 1.29 is 8.42 Å². The minimum atomic E-state index is -3.27. The van der Waals surface area contributed by atoms with Gasteiger partial charge in [0.2, 0.25) is 10.0 Å². The topological polar surface area (TPSA) is 58.2 Å². The number of nitrogens with one attached hydrogen (secondary N) is 2. The van der Waals surface area contributed by atoms with E-state index >= 15 is 0 Å². The van der Waals surface area contributed by atoms with Crippen LogP contribution in [0, 0.1) is 12.8 Å². The Morgan fingerprint density at radius 1 is 1.42 bits per heavy atom. The fourth-order valence-electron chi connectivity index (χ4n) is 2.44. The standard InChI is InChI=1S/C14H22N2O2S/c1-11-4-3-5-13(8-11)10-19(17,18)16-14-9-15-7-6-12(14)2/h3-5,8,12,14-16H,6-7,9-10H2,1-2H3. The number of benzene rings is 1. The zero-order chi connectivity index (χ0) is 13.9. The summed E-state index contributed by atoms with van der Waals surface area (Å²) in [6, 6.07) is 7.64. The van der Waals surface area contributed by atoms with E-state index in [4.69, 9.17) is 0 Å². The van der Waals surface area contributed by atoms with Gasteiger partial charge in [0.25, 0.3) is 0 Å². The number of hydrogen-bond acceptors (Lipinski definition) is 3. The zero-order valence-electron chi connectivity index (χ0n) is 11.5. The smallest absolute Gasteiger partial charge is 0.216 e. The Kier molecular flexibility index (Phi) is 4.60. The maximum absolute atomic E-state index is 12.2. The van der Waals surface area contributed by atoms with Crippen molar-refractivity contribution >= 4 is 10.0 Å². The van der Waals surface area contributed by atoms with Gasteiger partial charge in [-0.2, -0.15) is 0 Å². The molecule has 0 spiro atoms. The summed E-state index contributed by atoms with van der Waals surface area (Å²) in [6.07, 6.45) is 1.01. The molecule has 2 rings (SSSR count). The van der Waals surface area contributed by atoms with Crippen molar-refractivity contribution in [2.45, 2.75) is 32.1 Å². The Labute approximate surface area is 115 Å². The molecule has 1 aromatic rings. The molecule has 0 radical (unpaired) electrons. The molecule has 106 valence electrons. The molecular formula is C14H22N2O2S. The van der Waals surface area contributed by atoms with E-state index in [1.807, 2.05) is 31.2 Å². The predicted octanol–water partition coefficient (Wildman–Crippen LogP) is 1.41. The third kappa shape index (κ3) is 4.30. The largest absolute Gasteiger partial charge is 0.315 e. The minimum Gasteiger partial charge on any atom is -0.315 e. The molecule has 0 amide bonds. The van der Waals surface area contributed by atoms with E-state index in [1.54, 1.807) is 0 Å². The highest BCUT2D eigenvalue weighted by atomic mass is 32.2. The van der Waals surface area contributed by atoms with Crippen LogP contribution in [0.2, 0.25) is 0 Å². The second-order valence-corrected chi connectivity index (χ2v) is 7.20. The number of aryl methyl sites for hydroxylation is 1. The van der Waals surface area contributed by atoms with Crippen LogP contribution >= 0.6 is 0 Å². The maximum atomic E-state index is 12.2. The molecule has 1 aliphatic rings. The van der Waals surface area contributed by atoms with Crippen molar-refractivity contribution in [2.75, 3.05) is 13.1 Å². The van der Waals surface area contributed by atoms with Gasteiger partial charge in [0, 0.05) is 12.6 Å². The van der Waals surface area contributed by atoms with Crippen LogP contribution in [0.15, 0.2) is 24.3 Å². The minimum absolute atomic E-state index is 0.00330. The van der Waals surface area contributed by atoms with Gasteiger partial charge >= 0.3 is 0 Å². The molecule has 2 N–H and O–H groups in total. The molecule has 1 aromatic carbocycles. The van der Waals surface area contributed by atoms with Crippen molar-refractivity contribution in [3.05, 3.63) is 35.4 Å². The predicted molar refractivity (Wildman–Crippen MR) is 77.4 cm³/mol. The van der Waals surface area contributed by atoms with Crippen molar-refractivity contribution in [1.82, 2.24) is 10.0 Å². The van der Waals surface area contributed by atoms with Crippen LogP contribution in [-0.2, 0) is 15.8 Å². The molecular weight excluding hydrogens is 260 g/mol. The monoisotopic (exact) mass is 282 g/mol. The highest BCUT2D eigenvalue weighted by Crippen LogP contribution is 2.14. The van der Waals surface area contributed by atoms with Crippen LogP contribution in [0.3, 0.4) is 0 Å². The van der Waals surface area contributed by atoms with E-state index in [9.17, 15) is 8.42 Å². The number of hydrogen-bond donors (Lipinski definition) is 2. The lowest BCUT2D eigenvalue weighted by atomic mass is 9.96. The number of sulfonamides is 1. The molecule has 5 heteroatoms. The molecule has 1 heterocycles. The van der Waals surface area contributed by atoms with Crippen LogP contribution in [-0.4, -0.2) is 27.5 Å². The quantitative estimate of drug-likeness (QED) is 0.878. The molecule has 2 atom stereocenters. The Bertz CT molecular complexity index is 528. The zero-order valence-corrected chi connectivity index (χ0v) is 12.3. The normalized spacial score (nSPS) is 24.3. The van der Waals surface area contributed by atoms with Crippen LogP contribution in [0.5, 0.6) is 0 Å². The van der Waals surface area contributed by atoms with Gasteiger partial charge in [-0.25, -0.2) is 13.1 Å². The second kappa shape index (κ2) is 6.03. The third-order valence-electron chi connectivity index (χ3n) is 3.60. The molecule has 2 unspecified atom stereocenters. The van der Waals surface area contributed by atoms with Gasteiger partial charge in [-0.05, 0) is 31.4 Å². The molecule has 1 fully saturated rings. The highest BCUT2D eigenvalue weighted by Gasteiger charge is 2.25. The fourth-order valence-corrected chi connectivity index (χ4v) is 3.92. The van der Waals surface area contributed by atoms with Gasteiger partial charge in [-0.3, -0.25) is 0 Å². The van der Waals surface area contributed by atoms with Gasteiger partial charge in [0.15, 0.2) is 0 Å². The molecule has 1 saturated heterocycles. The number of piperidine rings is 1. The molecule has 0 aromatic heterocycles. The third-order valence-corrected chi connectivity index (χ3v) is 4.97. The average Bonchev–Trinajstić information content (AvgIpc) is 2.31. The first-order chi connectivity index (χ1) is 8.96. The summed E-state index contributed by atoms with van der Waals surface area (Å²) in [5.41, 5.74) is 1.92. The van der Waals surface area contributed by atoms with Crippen LogP contribution in [0.4, 0.5) is 0 Å². The van der Waals surface area contributed by atoms with E-state index in [1.165, 1.54) is 0 Å². The Balaban J connectivity index is 2.02. The number of rotatable bonds is 4. The van der Waals surface area contributed by atoms with E-state index in [0.717, 1.165) is 24.1 Å². The Morgan fingerprint density at radius 2 is 2.21 bits per heavy atom. The average molecular weight is 282 g/mol. The summed E-state index contributed by atoms with van der Waals surface area (Å²) in [6.45, 7) is 5.75. The van der Waals surface area contributed by atoms with Crippen LogP contribution in [0.1, 0.15) is 24.5 Å². The highest BCUT2D eigenvalue weighted by molar-refractivity contribution is 7.88. The van der Waals surface area contributed by atoms with Crippen molar-refractivity contribution in [2.24, 2.45) is 5.92 Å². The van der Waals surface area contributed by atoms with E-state index in [0.29, 0.717) is 12.5 Å². The first kappa shape index (κ1) is 14.5. The lowest BCUT2D eigenvalue weighted by molar-refractivity contribution is 0.327.